The fourth-order valence-electron chi connectivity index (χ4n) is 3.85. The number of halogens is 1. The van der Waals surface area contributed by atoms with Crippen LogP contribution in [-0.4, -0.2) is 60.0 Å². The minimum atomic E-state index is -0.337. The van der Waals surface area contributed by atoms with E-state index in [9.17, 15) is 9.18 Å². The number of nitrogens with zero attached hydrogens (tertiary/aromatic N) is 5. The summed E-state index contributed by atoms with van der Waals surface area (Å²) in [6.45, 7) is 6.39. The van der Waals surface area contributed by atoms with Crippen molar-refractivity contribution < 1.29 is 9.18 Å². The highest BCUT2D eigenvalue weighted by Crippen LogP contribution is 2.22. The van der Waals surface area contributed by atoms with Crippen LogP contribution in [0.15, 0.2) is 30.6 Å². The molecule has 3 heterocycles. The number of amides is 1. The minimum Gasteiger partial charge on any atom is -0.356 e. The van der Waals surface area contributed by atoms with E-state index >= 15 is 0 Å². The Bertz CT molecular complexity index is 844. The maximum atomic E-state index is 13.8. The van der Waals surface area contributed by atoms with Crippen molar-refractivity contribution in [1.82, 2.24) is 14.9 Å². The van der Waals surface area contributed by atoms with Crippen LogP contribution in [0.2, 0.25) is 0 Å². The van der Waals surface area contributed by atoms with Crippen LogP contribution >= 0.6 is 0 Å². The lowest BCUT2D eigenvalue weighted by Gasteiger charge is -2.36. The van der Waals surface area contributed by atoms with E-state index in [0.29, 0.717) is 37.3 Å². The van der Waals surface area contributed by atoms with Gasteiger partial charge >= 0.3 is 0 Å². The summed E-state index contributed by atoms with van der Waals surface area (Å²) >= 11 is 0. The van der Waals surface area contributed by atoms with E-state index < -0.39 is 0 Å². The van der Waals surface area contributed by atoms with Gasteiger partial charge in [0.1, 0.15) is 23.8 Å². The van der Waals surface area contributed by atoms with E-state index in [0.717, 1.165) is 24.7 Å². The second-order valence-corrected chi connectivity index (χ2v) is 7.53. The fourth-order valence-corrected chi connectivity index (χ4v) is 3.85. The van der Waals surface area contributed by atoms with Gasteiger partial charge in [0.25, 0.3) is 5.91 Å². The Morgan fingerprint density at radius 2 is 1.54 bits per heavy atom. The van der Waals surface area contributed by atoms with Gasteiger partial charge in [0.05, 0.1) is 0 Å². The van der Waals surface area contributed by atoms with Crippen LogP contribution in [0.4, 0.5) is 16.0 Å². The molecule has 148 valence electrons. The number of hydrogen-bond acceptors (Lipinski definition) is 5. The molecule has 0 spiro atoms. The van der Waals surface area contributed by atoms with E-state index in [4.69, 9.17) is 0 Å². The Balaban J connectivity index is 1.40. The molecule has 1 aromatic carbocycles. The van der Waals surface area contributed by atoms with E-state index in [2.05, 4.69) is 25.8 Å². The molecule has 0 N–H and O–H groups in total. The van der Waals surface area contributed by atoms with Crippen molar-refractivity contribution in [2.45, 2.75) is 26.2 Å². The Morgan fingerprint density at radius 1 is 0.893 bits per heavy atom. The number of carbonyl (C=O) groups is 1. The summed E-state index contributed by atoms with van der Waals surface area (Å²) < 4.78 is 13.8. The third kappa shape index (κ3) is 3.93. The lowest BCUT2D eigenvalue weighted by molar-refractivity contribution is 0.0746. The summed E-state index contributed by atoms with van der Waals surface area (Å²) in [5.41, 5.74) is 0.959. The maximum absolute atomic E-state index is 13.8. The van der Waals surface area contributed by atoms with Crippen molar-refractivity contribution in [1.29, 1.82) is 0 Å². The van der Waals surface area contributed by atoms with Crippen LogP contribution in [0.1, 0.15) is 35.2 Å². The van der Waals surface area contributed by atoms with Gasteiger partial charge in [0.2, 0.25) is 0 Å². The first-order chi connectivity index (χ1) is 13.6. The van der Waals surface area contributed by atoms with E-state index in [-0.39, 0.29) is 11.7 Å². The first-order valence-corrected chi connectivity index (χ1v) is 9.99. The van der Waals surface area contributed by atoms with Gasteiger partial charge in [0.15, 0.2) is 0 Å². The highest BCUT2D eigenvalue weighted by molar-refractivity contribution is 5.94. The van der Waals surface area contributed by atoms with Crippen LogP contribution in [0.5, 0.6) is 0 Å². The first kappa shape index (κ1) is 18.7. The van der Waals surface area contributed by atoms with E-state index in [1.54, 1.807) is 30.3 Å². The van der Waals surface area contributed by atoms with Crippen molar-refractivity contribution >= 4 is 17.5 Å². The van der Waals surface area contributed by atoms with Gasteiger partial charge in [-0.15, -0.1) is 0 Å². The average Bonchev–Trinajstić information content (AvgIpc) is 2.76. The second-order valence-electron chi connectivity index (χ2n) is 7.53. The van der Waals surface area contributed by atoms with Gasteiger partial charge in [-0.05, 0) is 43.9 Å². The van der Waals surface area contributed by atoms with Crippen molar-refractivity contribution in [3.05, 3.63) is 47.5 Å². The average molecular weight is 383 g/mol. The van der Waals surface area contributed by atoms with Crippen LogP contribution in [0, 0.1) is 12.7 Å². The molecule has 0 saturated carbocycles. The molecule has 0 aliphatic carbocycles. The molecule has 6 nitrogen and oxygen atoms in total. The summed E-state index contributed by atoms with van der Waals surface area (Å²) in [4.78, 5) is 27.9. The van der Waals surface area contributed by atoms with Gasteiger partial charge < -0.3 is 14.7 Å². The number of benzene rings is 1. The third-order valence-corrected chi connectivity index (χ3v) is 5.63. The lowest BCUT2D eigenvalue weighted by Crippen LogP contribution is -2.49. The molecule has 2 aliphatic rings. The number of rotatable bonds is 3. The molecule has 0 radical (unpaired) electrons. The molecule has 4 rings (SSSR count). The number of anilines is 2. The van der Waals surface area contributed by atoms with Crippen LogP contribution in [0.25, 0.3) is 0 Å². The highest BCUT2D eigenvalue weighted by atomic mass is 19.1. The summed E-state index contributed by atoms with van der Waals surface area (Å²) in [7, 11) is 0. The van der Waals surface area contributed by atoms with Gasteiger partial charge in [-0.3, -0.25) is 4.79 Å². The normalized spacial score (nSPS) is 17.7. The molecule has 2 aliphatic heterocycles. The molecule has 2 fully saturated rings. The van der Waals surface area contributed by atoms with Gasteiger partial charge in [-0.2, -0.15) is 0 Å². The molecule has 2 saturated heterocycles. The minimum absolute atomic E-state index is 0.116. The Labute approximate surface area is 165 Å². The van der Waals surface area contributed by atoms with E-state index in [1.165, 1.54) is 25.3 Å². The largest absolute Gasteiger partial charge is 0.356 e. The predicted octanol–water partition coefficient (Wildman–Crippen LogP) is 2.88. The second kappa shape index (κ2) is 8.12. The van der Waals surface area contributed by atoms with Crippen molar-refractivity contribution in [3.8, 4) is 0 Å². The number of aryl methyl sites for hydroxylation is 1. The summed E-state index contributed by atoms with van der Waals surface area (Å²) in [6, 6.07) is 6.74. The number of hydrogen-bond donors (Lipinski definition) is 0. The summed E-state index contributed by atoms with van der Waals surface area (Å²) in [5, 5.41) is 0. The number of piperazine rings is 1. The molecule has 0 bridgehead atoms. The van der Waals surface area contributed by atoms with Crippen molar-refractivity contribution in [2.75, 3.05) is 49.1 Å². The lowest BCUT2D eigenvalue weighted by atomic mass is 10.1. The molecule has 2 aromatic rings. The van der Waals surface area contributed by atoms with Crippen LogP contribution < -0.4 is 9.80 Å². The topological polar surface area (TPSA) is 52.6 Å². The summed E-state index contributed by atoms with van der Waals surface area (Å²) in [5.74, 6) is 1.44. The maximum Gasteiger partial charge on any atom is 0.254 e. The SMILES string of the molecule is Cc1ccc(C(=O)N2CCN(c3cc(N4CCCCC4)ncn3)CC2)cc1F. The van der Waals surface area contributed by atoms with Gasteiger partial charge in [0, 0.05) is 50.9 Å². The zero-order valence-electron chi connectivity index (χ0n) is 16.3. The van der Waals surface area contributed by atoms with Crippen LogP contribution in [0.3, 0.4) is 0 Å². The number of carbonyl (C=O) groups excluding carboxylic acids is 1. The Morgan fingerprint density at radius 3 is 2.18 bits per heavy atom. The summed E-state index contributed by atoms with van der Waals surface area (Å²) in [6.07, 6.45) is 5.33. The molecule has 1 amide bonds. The van der Waals surface area contributed by atoms with E-state index in [1.807, 2.05) is 0 Å². The fraction of sp³-hybridized carbons (Fsp3) is 0.476. The van der Waals surface area contributed by atoms with Crippen molar-refractivity contribution in [3.63, 3.8) is 0 Å². The molecule has 1 aromatic heterocycles. The Hall–Kier alpha value is -2.70. The number of aromatic nitrogens is 2. The quantitative estimate of drug-likeness (QED) is 0.816. The standard InChI is InChI=1S/C21H26FN5O/c1-16-5-6-17(13-18(16)22)21(28)27-11-9-26(10-12-27)20-14-19(23-15-24-20)25-7-3-2-4-8-25/h5-6,13-15H,2-4,7-12H2,1H3. The van der Waals surface area contributed by atoms with Crippen LogP contribution in [-0.2, 0) is 0 Å². The number of piperidine rings is 1. The third-order valence-electron chi connectivity index (χ3n) is 5.63. The first-order valence-electron chi connectivity index (χ1n) is 9.99. The van der Waals surface area contributed by atoms with Gasteiger partial charge in [-0.1, -0.05) is 6.07 Å². The smallest absolute Gasteiger partial charge is 0.254 e. The highest BCUT2D eigenvalue weighted by Gasteiger charge is 2.24. The predicted molar refractivity (Wildman–Crippen MR) is 107 cm³/mol. The molecule has 7 heteroatoms. The molecule has 0 unspecified atom stereocenters. The monoisotopic (exact) mass is 383 g/mol. The van der Waals surface area contributed by atoms with Crippen molar-refractivity contribution in [2.24, 2.45) is 0 Å². The molecular weight excluding hydrogens is 357 g/mol. The zero-order valence-corrected chi connectivity index (χ0v) is 16.3. The molecule has 0 atom stereocenters. The molecular formula is C21H26FN5O. The Kier molecular flexibility index (Phi) is 5.41. The molecule has 28 heavy (non-hydrogen) atoms. The zero-order chi connectivity index (χ0) is 19.5. The van der Waals surface area contributed by atoms with Gasteiger partial charge in [-0.25, -0.2) is 14.4 Å².